The van der Waals surface area contributed by atoms with Gasteiger partial charge in [-0.1, -0.05) is 49.4 Å². The van der Waals surface area contributed by atoms with E-state index in [-0.39, 0.29) is 6.04 Å². The summed E-state index contributed by atoms with van der Waals surface area (Å²) in [7, 11) is 2.02. The summed E-state index contributed by atoms with van der Waals surface area (Å²) in [5.74, 6) is 0. The van der Waals surface area contributed by atoms with Crippen LogP contribution in [0.25, 0.3) is 10.9 Å². The van der Waals surface area contributed by atoms with E-state index in [1.165, 1.54) is 44.5 Å². The number of para-hydroxylation sites is 1. The van der Waals surface area contributed by atoms with E-state index in [1.807, 2.05) is 17.9 Å². The molecule has 2 aromatic carbocycles. The van der Waals surface area contributed by atoms with Gasteiger partial charge >= 0.3 is 0 Å². The van der Waals surface area contributed by atoms with Crippen LogP contribution in [0, 0.1) is 6.92 Å². The van der Waals surface area contributed by atoms with Crippen LogP contribution in [0.4, 0.5) is 0 Å². The Morgan fingerprint density at radius 2 is 1.90 bits per heavy atom. The molecule has 0 radical (unpaired) electrons. The monoisotopic (exact) mass is 384 g/mol. The number of aromatic amines is 1. The smallest absolute Gasteiger partial charge is 0.0760 e. The molecule has 1 atom stereocenters. The fourth-order valence-electron chi connectivity index (χ4n) is 4.69. The van der Waals surface area contributed by atoms with Crippen molar-refractivity contribution in [3.8, 4) is 0 Å². The Labute approximate surface area is 172 Å². The van der Waals surface area contributed by atoms with Gasteiger partial charge in [0.1, 0.15) is 0 Å². The van der Waals surface area contributed by atoms with Gasteiger partial charge in [-0.25, -0.2) is 0 Å². The van der Waals surface area contributed by atoms with Crippen molar-refractivity contribution < 1.29 is 0 Å². The Kier molecular flexibility index (Phi) is 4.51. The number of aryl methyl sites for hydroxylation is 2. The van der Waals surface area contributed by atoms with E-state index in [9.17, 15) is 0 Å². The highest BCUT2D eigenvalue weighted by atomic mass is 15.3. The summed E-state index contributed by atoms with van der Waals surface area (Å²) in [4.78, 5) is 6.37. The average Bonchev–Trinajstić information content (AvgIpc) is 3.28. The fourth-order valence-corrected chi connectivity index (χ4v) is 4.69. The zero-order valence-corrected chi connectivity index (χ0v) is 17.4. The second-order valence-electron chi connectivity index (χ2n) is 8.16. The minimum absolute atomic E-state index is 0.233. The number of fused-ring (bicyclic) bond motifs is 3. The summed E-state index contributed by atoms with van der Waals surface area (Å²) in [6.45, 7) is 6.33. The van der Waals surface area contributed by atoms with Crippen LogP contribution >= 0.6 is 0 Å². The molecule has 29 heavy (non-hydrogen) atoms. The van der Waals surface area contributed by atoms with E-state index < -0.39 is 0 Å². The maximum absolute atomic E-state index is 4.46. The second kappa shape index (κ2) is 7.20. The summed E-state index contributed by atoms with van der Waals surface area (Å²) >= 11 is 0. The first-order chi connectivity index (χ1) is 14.2. The van der Waals surface area contributed by atoms with Crippen molar-refractivity contribution in [3.05, 3.63) is 88.4 Å². The van der Waals surface area contributed by atoms with Gasteiger partial charge in [-0.2, -0.15) is 5.10 Å². The van der Waals surface area contributed by atoms with Crippen LogP contribution < -0.4 is 0 Å². The number of rotatable bonds is 4. The van der Waals surface area contributed by atoms with Crippen LogP contribution in [0.5, 0.6) is 0 Å². The first-order valence-corrected chi connectivity index (χ1v) is 10.6. The largest absolute Gasteiger partial charge is 0.357 e. The molecule has 1 aliphatic heterocycles. The van der Waals surface area contributed by atoms with Gasteiger partial charge in [-0.15, -0.1) is 0 Å². The molecule has 1 unspecified atom stereocenters. The molecule has 4 aromatic rings. The van der Waals surface area contributed by atoms with E-state index in [0.717, 1.165) is 25.9 Å². The number of hydrogen-bond acceptors (Lipinski definition) is 2. The van der Waals surface area contributed by atoms with Gasteiger partial charge in [0.05, 0.1) is 12.2 Å². The lowest BCUT2D eigenvalue weighted by atomic mass is 9.91. The third-order valence-electron chi connectivity index (χ3n) is 6.55. The summed E-state index contributed by atoms with van der Waals surface area (Å²) in [5.41, 5.74) is 9.36. The second-order valence-corrected chi connectivity index (χ2v) is 8.16. The van der Waals surface area contributed by atoms with Gasteiger partial charge in [0, 0.05) is 48.0 Å². The third kappa shape index (κ3) is 3.08. The number of H-pyrrole nitrogens is 1. The number of nitrogens with one attached hydrogen (secondary N) is 1. The minimum Gasteiger partial charge on any atom is -0.357 e. The summed E-state index contributed by atoms with van der Waals surface area (Å²) in [6.07, 6.45) is 4.16. The van der Waals surface area contributed by atoms with Crippen molar-refractivity contribution in [3.63, 3.8) is 0 Å². The molecule has 5 rings (SSSR count). The van der Waals surface area contributed by atoms with Crippen molar-refractivity contribution in [1.29, 1.82) is 0 Å². The highest BCUT2D eigenvalue weighted by Gasteiger charge is 2.32. The highest BCUT2D eigenvalue weighted by molar-refractivity contribution is 5.85. The van der Waals surface area contributed by atoms with Crippen LogP contribution in [0.1, 0.15) is 46.6 Å². The number of hydrogen-bond donors (Lipinski definition) is 1. The van der Waals surface area contributed by atoms with Gasteiger partial charge in [0.2, 0.25) is 0 Å². The quantitative estimate of drug-likeness (QED) is 0.542. The predicted molar refractivity (Wildman–Crippen MR) is 118 cm³/mol. The van der Waals surface area contributed by atoms with Crippen molar-refractivity contribution in [1.82, 2.24) is 19.7 Å². The van der Waals surface area contributed by atoms with E-state index in [1.54, 1.807) is 0 Å². The molecule has 0 aliphatic carbocycles. The van der Waals surface area contributed by atoms with Gasteiger partial charge in [-0.3, -0.25) is 9.58 Å². The topological polar surface area (TPSA) is 36.9 Å². The van der Waals surface area contributed by atoms with Crippen LogP contribution in [0.15, 0.2) is 54.7 Å². The maximum atomic E-state index is 4.46. The number of aromatic nitrogens is 3. The first-order valence-electron chi connectivity index (χ1n) is 10.6. The Hall–Kier alpha value is -2.85. The predicted octanol–water partition coefficient (Wildman–Crippen LogP) is 4.92. The Morgan fingerprint density at radius 1 is 1.10 bits per heavy atom. The zero-order chi connectivity index (χ0) is 20.0. The first kappa shape index (κ1) is 18.2. The van der Waals surface area contributed by atoms with Gasteiger partial charge < -0.3 is 4.98 Å². The van der Waals surface area contributed by atoms with Gasteiger partial charge in [0.25, 0.3) is 0 Å². The molecule has 0 spiro atoms. The Bertz CT molecular complexity index is 1150. The van der Waals surface area contributed by atoms with E-state index in [0.29, 0.717) is 0 Å². The van der Waals surface area contributed by atoms with Gasteiger partial charge in [-0.05, 0) is 42.5 Å². The number of benzene rings is 2. The molecule has 0 bridgehead atoms. The van der Waals surface area contributed by atoms with Crippen molar-refractivity contribution in [2.45, 2.75) is 39.3 Å². The SMILES string of the molecule is CCc1ccc(C2c3[nH]c4ccccc4c3CCN2Cc2cnn(C)c2C)cc1. The molecule has 3 heterocycles. The van der Waals surface area contributed by atoms with Crippen LogP contribution in [0.3, 0.4) is 0 Å². The Morgan fingerprint density at radius 3 is 2.62 bits per heavy atom. The Balaban J connectivity index is 1.61. The normalized spacial score (nSPS) is 17.0. The molecule has 4 heteroatoms. The summed E-state index contributed by atoms with van der Waals surface area (Å²) in [5, 5.41) is 5.83. The van der Waals surface area contributed by atoms with Crippen LogP contribution in [-0.2, 0) is 26.4 Å². The number of nitrogens with zero attached hydrogens (tertiary/aromatic N) is 3. The zero-order valence-electron chi connectivity index (χ0n) is 17.4. The molecule has 148 valence electrons. The van der Waals surface area contributed by atoms with Crippen molar-refractivity contribution >= 4 is 10.9 Å². The molecular formula is C25H28N4. The lowest BCUT2D eigenvalue weighted by Crippen LogP contribution is -2.35. The highest BCUT2D eigenvalue weighted by Crippen LogP contribution is 2.39. The standard InChI is InChI=1S/C25H28N4/c1-4-18-9-11-19(12-10-18)25-24-22(21-7-5-6-8-23(21)27-24)13-14-29(25)16-20-15-26-28(3)17(20)2/h5-12,15,25,27H,4,13-14,16H2,1-3H3. The van der Waals surface area contributed by atoms with E-state index in [2.05, 4.69) is 77.4 Å². The maximum Gasteiger partial charge on any atom is 0.0760 e. The van der Waals surface area contributed by atoms with E-state index in [4.69, 9.17) is 0 Å². The molecule has 4 nitrogen and oxygen atoms in total. The molecule has 2 aromatic heterocycles. The average molecular weight is 385 g/mol. The van der Waals surface area contributed by atoms with E-state index >= 15 is 0 Å². The molecule has 0 amide bonds. The minimum atomic E-state index is 0.233. The third-order valence-corrected chi connectivity index (χ3v) is 6.55. The van der Waals surface area contributed by atoms with Crippen molar-refractivity contribution in [2.24, 2.45) is 7.05 Å². The van der Waals surface area contributed by atoms with Crippen LogP contribution in [0.2, 0.25) is 0 Å². The molecule has 1 aliphatic rings. The summed E-state index contributed by atoms with van der Waals surface area (Å²) in [6, 6.07) is 18.1. The van der Waals surface area contributed by atoms with Crippen molar-refractivity contribution in [2.75, 3.05) is 6.54 Å². The molecule has 0 saturated heterocycles. The fraction of sp³-hybridized carbons (Fsp3) is 0.320. The molecular weight excluding hydrogens is 356 g/mol. The lowest BCUT2D eigenvalue weighted by Gasteiger charge is -2.36. The summed E-state index contributed by atoms with van der Waals surface area (Å²) < 4.78 is 1.97. The lowest BCUT2D eigenvalue weighted by molar-refractivity contribution is 0.201. The molecule has 1 N–H and O–H groups in total. The molecule has 0 saturated carbocycles. The molecule has 0 fully saturated rings. The van der Waals surface area contributed by atoms with Crippen LogP contribution in [-0.4, -0.2) is 26.2 Å². The van der Waals surface area contributed by atoms with Gasteiger partial charge in [0.15, 0.2) is 0 Å².